The highest BCUT2D eigenvalue weighted by Crippen LogP contribution is 2.31. The van der Waals surface area contributed by atoms with Gasteiger partial charge in [0.15, 0.2) is 0 Å². The van der Waals surface area contributed by atoms with Crippen LogP contribution in [0.5, 0.6) is 0 Å². The molecule has 0 amide bonds. The van der Waals surface area contributed by atoms with E-state index in [2.05, 4.69) is 45.4 Å². The summed E-state index contributed by atoms with van der Waals surface area (Å²) in [4.78, 5) is 0. The molecule has 1 aromatic carbocycles. The molecular weight excluding hydrogens is 318 g/mol. The maximum Gasteiger partial charge on any atom is 0.148 e. The molecule has 0 radical (unpaired) electrons. The van der Waals surface area contributed by atoms with Crippen LogP contribution in [0, 0.1) is 0 Å². The first kappa shape index (κ1) is 13.4. The number of nitrogens with zero attached hydrogens (tertiary/aromatic N) is 2. The Morgan fingerprint density at radius 1 is 1.45 bits per heavy atom. The molecule has 104 valence electrons. The van der Waals surface area contributed by atoms with Gasteiger partial charge in [0.05, 0.1) is 16.7 Å². The molecule has 0 aliphatic rings. The third kappa shape index (κ3) is 2.39. The van der Waals surface area contributed by atoms with Crippen molar-refractivity contribution in [1.82, 2.24) is 15.1 Å². The standard InChI is InChI=1S/C15H16BrN3O/c1-3-17-14(11-8-18-19(2)9-11)13-7-10-5-4-6-12(16)15(10)20-13/h4-9,14,17H,3H2,1-2H3. The van der Waals surface area contributed by atoms with Crippen LogP contribution in [-0.4, -0.2) is 16.3 Å². The minimum atomic E-state index is 0.0213. The average Bonchev–Trinajstić information content (AvgIpc) is 3.03. The van der Waals surface area contributed by atoms with Gasteiger partial charge in [-0.1, -0.05) is 19.1 Å². The number of hydrogen-bond acceptors (Lipinski definition) is 3. The van der Waals surface area contributed by atoms with Gasteiger partial charge in [-0.05, 0) is 34.6 Å². The summed E-state index contributed by atoms with van der Waals surface area (Å²) in [6.07, 6.45) is 3.88. The molecular formula is C15H16BrN3O. The number of nitrogens with one attached hydrogen (secondary N) is 1. The summed E-state index contributed by atoms with van der Waals surface area (Å²) in [6.45, 7) is 2.94. The van der Waals surface area contributed by atoms with E-state index in [9.17, 15) is 0 Å². The molecule has 0 saturated carbocycles. The van der Waals surface area contributed by atoms with Crippen LogP contribution >= 0.6 is 15.9 Å². The lowest BCUT2D eigenvalue weighted by molar-refractivity contribution is 0.476. The normalized spacial score (nSPS) is 12.9. The second-order valence-electron chi connectivity index (χ2n) is 4.74. The maximum atomic E-state index is 6.03. The van der Waals surface area contributed by atoms with Crippen LogP contribution in [0.25, 0.3) is 11.0 Å². The van der Waals surface area contributed by atoms with Crippen molar-refractivity contribution >= 4 is 26.9 Å². The van der Waals surface area contributed by atoms with E-state index < -0.39 is 0 Å². The van der Waals surface area contributed by atoms with Crippen molar-refractivity contribution < 1.29 is 4.42 Å². The second kappa shape index (κ2) is 5.42. The zero-order valence-corrected chi connectivity index (χ0v) is 13.0. The molecule has 1 unspecified atom stereocenters. The van der Waals surface area contributed by atoms with Gasteiger partial charge >= 0.3 is 0 Å². The van der Waals surface area contributed by atoms with Crippen LogP contribution in [0.4, 0.5) is 0 Å². The fraction of sp³-hybridized carbons (Fsp3) is 0.267. The Labute approximate surface area is 125 Å². The van der Waals surface area contributed by atoms with Gasteiger partial charge in [0.25, 0.3) is 0 Å². The average molecular weight is 334 g/mol. The summed E-state index contributed by atoms with van der Waals surface area (Å²) in [6, 6.07) is 8.16. The van der Waals surface area contributed by atoms with Gasteiger partial charge in [-0.2, -0.15) is 5.10 Å². The molecule has 3 aromatic rings. The monoisotopic (exact) mass is 333 g/mol. The number of fused-ring (bicyclic) bond motifs is 1. The molecule has 2 heterocycles. The van der Waals surface area contributed by atoms with E-state index in [-0.39, 0.29) is 6.04 Å². The van der Waals surface area contributed by atoms with Gasteiger partial charge in [-0.15, -0.1) is 0 Å². The van der Waals surface area contributed by atoms with Gasteiger partial charge in [0.2, 0.25) is 0 Å². The Balaban J connectivity index is 2.07. The topological polar surface area (TPSA) is 43.0 Å². The third-order valence-electron chi connectivity index (χ3n) is 3.27. The van der Waals surface area contributed by atoms with Crippen LogP contribution in [0.1, 0.15) is 24.3 Å². The Bertz CT molecular complexity index is 732. The molecule has 0 bridgehead atoms. The van der Waals surface area contributed by atoms with Crippen molar-refractivity contribution in [3.05, 3.63) is 52.5 Å². The number of furan rings is 1. The summed E-state index contributed by atoms with van der Waals surface area (Å²) < 4.78 is 8.81. The Hall–Kier alpha value is -1.59. The second-order valence-corrected chi connectivity index (χ2v) is 5.60. The summed E-state index contributed by atoms with van der Waals surface area (Å²) in [5, 5.41) is 8.79. The summed E-state index contributed by atoms with van der Waals surface area (Å²) >= 11 is 3.53. The van der Waals surface area contributed by atoms with Crippen molar-refractivity contribution in [3.8, 4) is 0 Å². The molecule has 1 N–H and O–H groups in total. The zero-order valence-electron chi connectivity index (χ0n) is 11.4. The zero-order chi connectivity index (χ0) is 14.1. The van der Waals surface area contributed by atoms with Gasteiger partial charge in [-0.3, -0.25) is 4.68 Å². The van der Waals surface area contributed by atoms with Gasteiger partial charge in [0.1, 0.15) is 11.3 Å². The van der Waals surface area contributed by atoms with Crippen molar-refractivity contribution in [2.45, 2.75) is 13.0 Å². The predicted octanol–water partition coefficient (Wildman–Crippen LogP) is 3.63. The number of benzene rings is 1. The predicted molar refractivity (Wildman–Crippen MR) is 82.6 cm³/mol. The van der Waals surface area contributed by atoms with Crippen LogP contribution in [0.15, 0.2) is 45.5 Å². The SMILES string of the molecule is CCNC(c1cnn(C)c1)c1cc2cccc(Br)c2o1. The molecule has 20 heavy (non-hydrogen) atoms. The molecule has 4 nitrogen and oxygen atoms in total. The molecule has 5 heteroatoms. The van der Waals surface area contributed by atoms with Crippen LogP contribution in [-0.2, 0) is 7.05 Å². The lowest BCUT2D eigenvalue weighted by Crippen LogP contribution is -2.21. The highest BCUT2D eigenvalue weighted by Gasteiger charge is 2.19. The summed E-state index contributed by atoms with van der Waals surface area (Å²) in [7, 11) is 1.92. The number of para-hydroxylation sites is 1. The number of rotatable bonds is 4. The first-order chi connectivity index (χ1) is 9.69. The lowest BCUT2D eigenvalue weighted by Gasteiger charge is -2.13. The van der Waals surface area contributed by atoms with E-state index in [1.54, 1.807) is 4.68 Å². The molecule has 0 saturated heterocycles. The van der Waals surface area contributed by atoms with Crippen LogP contribution in [0.3, 0.4) is 0 Å². The van der Waals surface area contributed by atoms with Crippen molar-refractivity contribution in [2.24, 2.45) is 7.05 Å². The highest BCUT2D eigenvalue weighted by atomic mass is 79.9. The fourth-order valence-electron chi connectivity index (χ4n) is 2.37. The van der Waals surface area contributed by atoms with E-state index in [0.29, 0.717) is 0 Å². The molecule has 0 spiro atoms. The first-order valence-electron chi connectivity index (χ1n) is 6.59. The Kier molecular flexibility index (Phi) is 3.63. The number of aromatic nitrogens is 2. The smallest absolute Gasteiger partial charge is 0.148 e. The molecule has 3 rings (SSSR count). The summed E-state index contributed by atoms with van der Waals surface area (Å²) in [5.74, 6) is 0.904. The maximum absolute atomic E-state index is 6.03. The molecule has 2 aromatic heterocycles. The Morgan fingerprint density at radius 3 is 2.95 bits per heavy atom. The summed E-state index contributed by atoms with van der Waals surface area (Å²) in [5.41, 5.74) is 1.99. The fourth-order valence-corrected chi connectivity index (χ4v) is 2.83. The minimum Gasteiger partial charge on any atom is -0.458 e. The third-order valence-corrected chi connectivity index (χ3v) is 3.89. The lowest BCUT2D eigenvalue weighted by atomic mass is 10.1. The molecule has 1 atom stereocenters. The van der Waals surface area contributed by atoms with Gasteiger partial charge < -0.3 is 9.73 Å². The van der Waals surface area contributed by atoms with E-state index in [1.165, 1.54) is 0 Å². The number of aryl methyl sites for hydroxylation is 1. The van der Waals surface area contributed by atoms with E-state index in [4.69, 9.17) is 4.42 Å². The largest absolute Gasteiger partial charge is 0.458 e. The molecule has 0 fully saturated rings. The number of halogens is 1. The Morgan fingerprint density at radius 2 is 2.30 bits per heavy atom. The molecule has 0 aliphatic heterocycles. The first-order valence-corrected chi connectivity index (χ1v) is 7.38. The number of hydrogen-bond donors (Lipinski definition) is 1. The highest BCUT2D eigenvalue weighted by molar-refractivity contribution is 9.10. The molecule has 0 aliphatic carbocycles. The quantitative estimate of drug-likeness (QED) is 0.792. The minimum absolute atomic E-state index is 0.0213. The van der Waals surface area contributed by atoms with Crippen molar-refractivity contribution in [2.75, 3.05) is 6.54 Å². The van der Waals surface area contributed by atoms with E-state index in [1.807, 2.05) is 31.6 Å². The van der Waals surface area contributed by atoms with Crippen molar-refractivity contribution in [1.29, 1.82) is 0 Å². The van der Waals surface area contributed by atoms with Crippen LogP contribution in [0.2, 0.25) is 0 Å². The van der Waals surface area contributed by atoms with Crippen molar-refractivity contribution in [3.63, 3.8) is 0 Å². The van der Waals surface area contributed by atoms with E-state index in [0.717, 1.165) is 33.3 Å². The van der Waals surface area contributed by atoms with Gasteiger partial charge in [-0.25, -0.2) is 0 Å². The van der Waals surface area contributed by atoms with E-state index >= 15 is 0 Å². The van der Waals surface area contributed by atoms with Crippen LogP contribution < -0.4 is 5.32 Å². The van der Waals surface area contributed by atoms with Gasteiger partial charge in [0, 0.05) is 24.2 Å².